The summed E-state index contributed by atoms with van der Waals surface area (Å²) >= 11 is 0. The van der Waals surface area contributed by atoms with E-state index in [4.69, 9.17) is 0 Å². The molecule has 1 aromatic heterocycles. The molecule has 9 nitrogen and oxygen atoms in total. The fraction of sp³-hybridized carbons (Fsp3) is 0.238. The van der Waals surface area contributed by atoms with Crippen LogP contribution in [0.3, 0.4) is 0 Å². The number of carbonyl (C=O) groups excluding carboxylic acids is 1. The van der Waals surface area contributed by atoms with Crippen LogP contribution in [-0.2, 0) is 11.2 Å². The van der Waals surface area contributed by atoms with Gasteiger partial charge in [0.2, 0.25) is 5.91 Å². The van der Waals surface area contributed by atoms with Gasteiger partial charge in [0.15, 0.2) is 0 Å². The van der Waals surface area contributed by atoms with E-state index in [1.165, 1.54) is 12.1 Å². The average Bonchev–Trinajstić information content (AvgIpc) is 3.13. The molecule has 2 N–H and O–H groups in total. The van der Waals surface area contributed by atoms with Crippen molar-refractivity contribution in [1.82, 2.24) is 9.88 Å². The standard InChI is InChI=1S/C21H20N4O5/c26-19(13-17-16-3-1-2-4-18(16)22-20(17)21(27)28)24-11-9-23(10-12-24)14-5-7-15(8-6-14)25(29)30/h1-8,22H,9-13H2,(H,27,28). The Morgan fingerprint density at radius 3 is 2.33 bits per heavy atom. The Hall–Kier alpha value is -3.88. The number of aromatic carboxylic acids is 1. The highest BCUT2D eigenvalue weighted by atomic mass is 16.6. The van der Waals surface area contributed by atoms with Gasteiger partial charge in [0, 0.05) is 60.5 Å². The predicted molar refractivity (Wildman–Crippen MR) is 111 cm³/mol. The number of anilines is 1. The van der Waals surface area contributed by atoms with E-state index in [2.05, 4.69) is 9.88 Å². The fourth-order valence-corrected chi connectivity index (χ4v) is 3.83. The van der Waals surface area contributed by atoms with Crippen molar-refractivity contribution in [2.45, 2.75) is 6.42 Å². The molecular weight excluding hydrogens is 388 g/mol. The van der Waals surface area contributed by atoms with Crippen LogP contribution in [0.25, 0.3) is 10.9 Å². The largest absolute Gasteiger partial charge is 0.477 e. The van der Waals surface area contributed by atoms with Crippen LogP contribution in [0, 0.1) is 10.1 Å². The van der Waals surface area contributed by atoms with Gasteiger partial charge in [-0.1, -0.05) is 18.2 Å². The van der Waals surface area contributed by atoms with Crippen LogP contribution in [0.2, 0.25) is 0 Å². The topological polar surface area (TPSA) is 120 Å². The molecule has 0 aliphatic carbocycles. The van der Waals surface area contributed by atoms with Gasteiger partial charge < -0.3 is 19.9 Å². The Morgan fingerprint density at radius 1 is 1.03 bits per heavy atom. The number of benzene rings is 2. The van der Waals surface area contributed by atoms with Gasteiger partial charge >= 0.3 is 5.97 Å². The molecule has 3 aromatic rings. The van der Waals surface area contributed by atoms with E-state index in [0.29, 0.717) is 37.3 Å². The van der Waals surface area contributed by atoms with Gasteiger partial charge in [-0.25, -0.2) is 4.79 Å². The van der Waals surface area contributed by atoms with E-state index in [9.17, 15) is 24.8 Å². The summed E-state index contributed by atoms with van der Waals surface area (Å²) in [5.41, 5.74) is 2.16. The number of amides is 1. The SMILES string of the molecule is O=C(O)c1[nH]c2ccccc2c1CC(=O)N1CCN(c2ccc([N+](=O)[O-])cc2)CC1. The summed E-state index contributed by atoms with van der Waals surface area (Å²) in [4.78, 5) is 41.5. The smallest absolute Gasteiger partial charge is 0.352 e. The van der Waals surface area contributed by atoms with Gasteiger partial charge in [0.05, 0.1) is 11.3 Å². The first-order chi connectivity index (χ1) is 14.4. The zero-order valence-corrected chi connectivity index (χ0v) is 16.1. The van der Waals surface area contributed by atoms with E-state index in [1.807, 2.05) is 18.2 Å². The summed E-state index contributed by atoms with van der Waals surface area (Å²) in [6.07, 6.45) is 0.0170. The number of hydrogen-bond acceptors (Lipinski definition) is 5. The van der Waals surface area contributed by atoms with Gasteiger partial charge in [-0.2, -0.15) is 0 Å². The number of nitrogens with one attached hydrogen (secondary N) is 1. The van der Waals surface area contributed by atoms with Crippen molar-refractivity contribution < 1.29 is 19.6 Å². The van der Waals surface area contributed by atoms with E-state index < -0.39 is 10.9 Å². The van der Waals surface area contributed by atoms with Crippen LogP contribution < -0.4 is 4.90 Å². The molecule has 0 radical (unpaired) electrons. The maximum absolute atomic E-state index is 12.9. The highest BCUT2D eigenvalue weighted by Crippen LogP contribution is 2.25. The number of nitro benzene ring substituents is 1. The van der Waals surface area contributed by atoms with Crippen molar-refractivity contribution in [3.05, 3.63) is 69.9 Å². The fourth-order valence-electron chi connectivity index (χ4n) is 3.83. The van der Waals surface area contributed by atoms with Crippen molar-refractivity contribution in [1.29, 1.82) is 0 Å². The number of fused-ring (bicyclic) bond motifs is 1. The van der Waals surface area contributed by atoms with Gasteiger partial charge in [-0.3, -0.25) is 14.9 Å². The predicted octanol–water partition coefficient (Wildman–Crippen LogP) is 2.67. The number of hydrogen-bond donors (Lipinski definition) is 2. The minimum absolute atomic E-state index is 0.0170. The summed E-state index contributed by atoms with van der Waals surface area (Å²) in [7, 11) is 0. The number of rotatable bonds is 5. The monoisotopic (exact) mass is 408 g/mol. The Balaban J connectivity index is 1.44. The van der Waals surface area contributed by atoms with E-state index >= 15 is 0 Å². The molecule has 0 saturated carbocycles. The third-order valence-electron chi connectivity index (χ3n) is 5.41. The molecule has 154 valence electrons. The molecule has 1 fully saturated rings. The summed E-state index contributed by atoms with van der Waals surface area (Å²) in [6.45, 7) is 2.20. The molecule has 4 rings (SSSR count). The van der Waals surface area contributed by atoms with E-state index in [1.54, 1.807) is 23.1 Å². The lowest BCUT2D eigenvalue weighted by molar-refractivity contribution is -0.384. The minimum atomic E-state index is -1.09. The second-order valence-electron chi connectivity index (χ2n) is 7.15. The molecule has 0 bridgehead atoms. The molecule has 1 amide bonds. The molecular formula is C21H20N4O5. The van der Waals surface area contributed by atoms with Crippen LogP contribution in [0.5, 0.6) is 0 Å². The van der Waals surface area contributed by atoms with Crippen LogP contribution in [0.1, 0.15) is 16.1 Å². The number of H-pyrrole nitrogens is 1. The van der Waals surface area contributed by atoms with Crippen LogP contribution >= 0.6 is 0 Å². The molecule has 0 unspecified atom stereocenters. The third-order valence-corrected chi connectivity index (χ3v) is 5.41. The van der Waals surface area contributed by atoms with E-state index in [0.717, 1.165) is 11.1 Å². The highest BCUT2D eigenvalue weighted by molar-refractivity contribution is 6.00. The zero-order chi connectivity index (χ0) is 21.3. The molecule has 0 atom stereocenters. The Labute approximate surface area is 171 Å². The summed E-state index contributed by atoms with van der Waals surface area (Å²) in [5.74, 6) is -1.21. The van der Waals surface area contributed by atoms with Gasteiger partial charge in [0.1, 0.15) is 5.69 Å². The maximum atomic E-state index is 12.9. The Kier molecular flexibility index (Phi) is 5.09. The van der Waals surface area contributed by atoms with Crippen LogP contribution in [0.15, 0.2) is 48.5 Å². The number of carboxylic acids is 1. The van der Waals surface area contributed by atoms with Crippen molar-refractivity contribution in [2.24, 2.45) is 0 Å². The lowest BCUT2D eigenvalue weighted by Gasteiger charge is -2.36. The Morgan fingerprint density at radius 2 is 1.70 bits per heavy atom. The van der Waals surface area contributed by atoms with Gasteiger partial charge in [-0.05, 0) is 18.2 Å². The van der Waals surface area contributed by atoms with Gasteiger partial charge in [0.25, 0.3) is 5.69 Å². The number of aromatic amines is 1. The molecule has 1 aliphatic heterocycles. The number of carbonyl (C=O) groups is 2. The zero-order valence-electron chi connectivity index (χ0n) is 16.1. The molecule has 30 heavy (non-hydrogen) atoms. The van der Waals surface area contributed by atoms with Crippen molar-refractivity contribution in [2.75, 3.05) is 31.1 Å². The first kappa shape index (κ1) is 19.4. The molecule has 2 aromatic carbocycles. The lowest BCUT2D eigenvalue weighted by atomic mass is 10.1. The Bertz CT molecular complexity index is 1110. The molecule has 9 heteroatoms. The summed E-state index contributed by atoms with van der Waals surface area (Å²) < 4.78 is 0. The normalized spacial score (nSPS) is 14.1. The van der Waals surface area contributed by atoms with Crippen molar-refractivity contribution in [3.63, 3.8) is 0 Å². The number of piperazine rings is 1. The number of nitrogens with zero attached hydrogens (tertiary/aromatic N) is 3. The number of para-hydroxylation sites is 1. The maximum Gasteiger partial charge on any atom is 0.352 e. The highest BCUT2D eigenvalue weighted by Gasteiger charge is 2.25. The molecule has 1 aliphatic rings. The first-order valence-electron chi connectivity index (χ1n) is 9.54. The minimum Gasteiger partial charge on any atom is -0.477 e. The second-order valence-corrected chi connectivity index (χ2v) is 7.15. The number of non-ortho nitro benzene ring substituents is 1. The first-order valence-corrected chi connectivity index (χ1v) is 9.54. The molecule has 1 saturated heterocycles. The summed E-state index contributed by atoms with van der Waals surface area (Å²) in [5, 5.41) is 21.0. The van der Waals surface area contributed by atoms with Crippen LogP contribution in [-0.4, -0.2) is 58.0 Å². The van der Waals surface area contributed by atoms with Gasteiger partial charge in [-0.15, -0.1) is 0 Å². The quantitative estimate of drug-likeness (QED) is 0.495. The number of nitro groups is 1. The van der Waals surface area contributed by atoms with Crippen molar-refractivity contribution >= 4 is 34.2 Å². The lowest BCUT2D eigenvalue weighted by Crippen LogP contribution is -2.49. The number of carboxylic acid groups (broad SMARTS) is 1. The third kappa shape index (κ3) is 3.69. The second kappa shape index (κ2) is 7.86. The number of aromatic nitrogens is 1. The summed E-state index contributed by atoms with van der Waals surface area (Å²) in [6, 6.07) is 13.6. The molecule has 0 spiro atoms. The molecule has 2 heterocycles. The average molecular weight is 408 g/mol. The van der Waals surface area contributed by atoms with Crippen LogP contribution in [0.4, 0.5) is 11.4 Å². The van der Waals surface area contributed by atoms with Crippen molar-refractivity contribution in [3.8, 4) is 0 Å². The van der Waals surface area contributed by atoms with E-state index in [-0.39, 0.29) is 23.7 Å².